The summed E-state index contributed by atoms with van der Waals surface area (Å²) < 4.78 is 46.0. The molecule has 0 atom stereocenters. The molecule has 1 saturated carbocycles. The summed E-state index contributed by atoms with van der Waals surface area (Å²) in [5, 5.41) is 5.34. The number of H-pyrrole nitrogens is 1. The average Bonchev–Trinajstić information content (AvgIpc) is 3.24. The summed E-state index contributed by atoms with van der Waals surface area (Å²) in [7, 11) is 3.21. The molecule has 0 amide bonds. The Bertz CT molecular complexity index is 1760. The fourth-order valence-electron chi connectivity index (χ4n) is 4.67. The second kappa shape index (κ2) is 7.70. The van der Waals surface area contributed by atoms with Crippen LogP contribution < -0.4 is 11.2 Å². The van der Waals surface area contributed by atoms with Crippen LogP contribution in [0.4, 0.5) is 13.2 Å². The van der Waals surface area contributed by atoms with Crippen LogP contribution in [-0.2, 0) is 33.4 Å². The lowest BCUT2D eigenvalue weighted by Gasteiger charge is -2.09. The molecular weight excluding hydrogens is 475 g/mol. The number of nitrogens with one attached hydrogen (secondary N) is 1. The molecule has 4 aromatic heterocycles. The molecule has 186 valence electrons. The number of alkyl halides is 3. The molecule has 9 nitrogen and oxygen atoms in total. The number of halogens is 3. The molecule has 12 heteroatoms. The Kier molecular flexibility index (Phi) is 4.79. The molecule has 5 aromatic rings. The highest BCUT2D eigenvalue weighted by Crippen LogP contribution is 2.34. The SMILES string of the molecule is Cn1ccnc1-c1c2c(=O)n(C)c(=O)n(CC3CC3)c2nn1Cc1c[nH]c2ccc(C(F)(F)F)cc12. The minimum Gasteiger partial charge on any atom is -0.361 e. The van der Waals surface area contributed by atoms with Crippen molar-refractivity contribution in [2.45, 2.75) is 32.1 Å². The normalized spacial score (nSPS) is 14.4. The summed E-state index contributed by atoms with van der Waals surface area (Å²) in [6.45, 7) is 0.515. The molecule has 1 aromatic carbocycles. The second-order valence-electron chi connectivity index (χ2n) is 9.34. The predicted molar refractivity (Wildman–Crippen MR) is 127 cm³/mol. The highest BCUT2D eigenvalue weighted by molar-refractivity contribution is 5.89. The standard InChI is InChI=1S/C24H22F3N7O2/c1-31-8-7-28-21(31)19-18-20(33(11-13-3-4-13)23(36)32(2)22(18)35)30-34(19)12-14-10-29-17-6-5-15(9-16(14)17)24(25,26)27/h5-10,13,29H,3-4,11-12H2,1-2H3. The predicted octanol–water partition coefficient (Wildman–Crippen LogP) is 3.26. The summed E-state index contributed by atoms with van der Waals surface area (Å²) >= 11 is 0. The number of aromatic nitrogens is 7. The zero-order chi connectivity index (χ0) is 25.4. The molecular formula is C24H22F3N7O2. The van der Waals surface area contributed by atoms with Crippen molar-refractivity contribution in [3.8, 4) is 11.5 Å². The van der Waals surface area contributed by atoms with Crippen LogP contribution in [-0.4, -0.2) is 33.4 Å². The van der Waals surface area contributed by atoms with E-state index in [1.807, 2.05) is 0 Å². The summed E-state index contributed by atoms with van der Waals surface area (Å²) in [6, 6.07) is 3.53. The first kappa shape index (κ1) is 22.4. The van der Waals surface area contributed by atoms with Gasteiger partial charge in [-0.3, -0.25) is 18.6 Å². The molecule has 0 radical (unpaired) electrons. The van der Waals surface area contributed by atoms with Crippen LogP contribution >= 0.6 is 0 Å². The van der Waals surface area contributed by atoms with E-state index in [4.69, 9.17) is 0 Å². The molecule has 36 heavy (non-hydrogen) atoms. The zero-order valence-corrected chi connectivity index (χ0v) is 19.5. The van der Waals surface area contributed by atoms with Crippen LogP contribution in [0.3, 0.4) is 0 Å². The maximum Gasteiger partial charge on any atom is 0.416 e. The van der Waals surface area contributed by atoms with Gasteiger partial charge < -0.3 is 9.55 Å². The van der Waals surface area contributed by atoms with Crippen LogP contribution in [0.5, 0.6) is 0 Å². The van der Waals surface area contributed by atoms with Gasteiger partial charge in [0.05, 0.1) is 12.1 Å². The lowest BCUT2D eigenvalue weighted by molar-refractivity contribution is -0.137. The van der Waals surface area contributed by atoms with Gasteiger partial charge >= 0.3 is 11.9 Å². The van der Waals surface area contributed by atoms with Gasteiger partial charge in [-0.1, -0.05) is 0 Å². The van der Waals surface area contributed by atoms with Gasteiger partial charge in [0.15, 0.2) is 11.5 Å². The molecule has 0 saturated heterocycles. The smallest absolute Gasteiger partial charge is 0.361 e. The van der Waals surface area contributed by atoms with Crippen molar-refractivity contribution in [2.24, 2.45) is 20.0 Å². The number of hydrogen-bond donors (Lipinski definition) is 1. The number of benzene rings is 1. The molecule has 1 aliphatic carbocycles. The lowest BCUT2D eigenvalue weighted by Crippen LogP contribution is -2.38. The Morgan fingerprint density at radius 2 is 1.94 bits per heavy atom. The van der Waals surface area contributed by atoms with Gasteiger partial charge in [0.2, 0.25) is 0 Å². The van der Waals surface area contributed by atoms with Crippen molar-refractivity contribution in [3.05, 3.63) is 68.8 Å². The van der Waals surface area contributed by atoms with E-state index in [0.717, 1.165) is 29.5 Å². The van der Waals surface area contributed by atoms with E-state index in [0.29, 0.717) is 40.4 Å². The third-order valence-electron chi connectivity index (χ3n) is 6.81. The topological polar surface area (TPSA) is 95.4 Å². The van der Waals surface area contributed by atoms with E-state index in [-0.39, 0.29) is 17.6 Å². The van der Waals surface area contributed by atoms with Crippen molar-refractivity contribution >= 4 is 21.9 Å². The maximum absolute atomic E-state index is 13.4. The molecule has 6 rings (SSSR count). The monoisotopic (exact) mass is 497 g/mol. The first-order valence-electron chi connectivity index (χ1n) is 11.5. The van der Waals surface area contributed by atoms with Gasteiger partial charge in [-0.25, -0.2) is 9.78 Å². The van der Waals surface area contributed by atoms with E-state index in [2.05, 4.69) is 15.1 Å². The molecule has 1 aliphatic rings. The van der Waals surface area contributed by atoms with Gasteiger partial charge in [-0.05, 0) is 42.5 Å². The Hall–Kier alpha value is -4.09. The van der Waals surface area contributed by atoms with Gasteiger partial charge in [0.1, 0.15) is 11.1 Å². The van der Waals surface area contributed by atoms with Crippen molar-refractivity contribution in [1.29, 1.82) is 0 Å². The number of fused-ring (bicyclic) bond motifs is 2. The molecule has 1 N–H and O–H groups in total. The molecule has 1 fully saturated rings. The van der Waals surface area contributed by atoms with Gasteiger partial charge in [-0.2, -0.15) is 18.3 Å². The molecule has 0 spiro atoms. The van der Waals surface area contributed by atoms with Crippen molar-refractivity contribution in [2.75, 3.05) is 0 Å². The Balaban J connectivity index is 1.61. The first-order chi connectivity index (χ1) is 17.1. The third-order valence-corrected chi connectivity index (χ3v) is 6.81. The van der Waals surface area contributed by atoms with Crippen LogP contribution in [0.2, 0.25) is 0 Å². The fraction of sp³-hybridized carbons (Fsp3) is 0.333. The van der Waals surface area contributed by atoms with E-state index < -0.39 is 23.0 Å². The maximum atomic E-state index is 13.4. The quantitative estimate of drug-likeness (QED) is 0.403. The number of aromatic amines is 1. The Morgan fingerprint density at radius 1 is 1.17 bits per heavy atom. The van der Waals surface area contributed by atoms with E-state index in [1.54, 1.807) is 34.9 Å². The van der Waals surface area contributed by atoms with Crippen molar-refractivity contribution in [1.82, 2.24) is 33.4 Å². The molecule has 0 bridgehead atoms. The van der Waals surface area contributed by atoms with E-state index in [9.17, 15) is 22.8 Å². The lowest BCUT2D eigenvalue weighted by atomic mass is 10.1. The number of hydrogen-bond acceptors (Lipinski definition) is 4. The van der Waals surface area contributed by atoms with Gasteiger partial charge in [-0.15, -0.1) is 0 Å². The molecule has 4 heterocycles. The Labute approximate surface area is 201 Å². The summed E-state index contributed by atoms with van der Waals surface area (Å²) in [4.78, 5) is 33.8. The number of aryl methyl sites for hydroxylation is 1. The van der Waals surface area contributed by atoms with Gasteiger partial charge in [0.25, 0.3) is 5.56 Å². The van der Waals surface area contributed by atoms with Crippen LogP contribution in [0.25, 0.3) is 33.5 Å². The van der Waals surface area contributed by atoms with Crippen LogP contribution in [0.15, 0.2) is 46.4 Å². The van der Waals surface area contributed by atoms with E-state index >= 15 is 0 Å². The number of rotatable bonds is 5. The van der Waals surface area contributed by atoms with Crippen LogP contribution in [0, 0.1) is 5.92 Å². The van der Waals surface area contributed by atoms with E-state index in [1.165, 1.54) is 17.7 Å². The fourth-order valence-corrected chi connectivity index (χ4v) is 4.67. The van der Waals surface area contributed by atoms with Crippen LogP contribution in [0.1, 0.15) is 24.0 Å². The highest BCUT2D eigenvalue weighted by atomic mass is 19.4. The molecule has 0 unspecified atom stereocenters. The summed E-state index contributed by atoms with van der Waals surface area (Å²) in [5.41, 5.74) is 0.0785. The zero-order valence-electron chi connectivity index (χ0n) is 19.5. The molecule has 0 aliphatic heterocycles. The minimum atomic E-state index is -4.48. The summed E-state index contributed by atoms with van der Waals surface area (Å²) in [6.07, 6.45) is 2.47. The third kappa shape index (κ3) is 3.47. The second-order valence-corrected chi connectivity index (χ2v) is 9.34. The van der Waals surface area contributed by atoms with Gasteiger partial charge in [0, 0.05) is 50.1 Å². The highest BCUT2D eigenvalue weighted by Gasteiger charge is 2.31. The average molecular weight is 497 g/mol. The summed E-state index contributed by atoms with van der Waals surface area (Å²) in [5.74, 6) is 0.807. The Morgan fingerprint density at radius 3 is 2.61 bits per heavy atom. The van der Waals surface area contributed by atoms with Crippen molar-refractivity contribution < 1.29 is 13.2 Å². The first-order valence-corrected chi connectivity index (χ1v) is 11.5. The largest absolute Gasteiger partial charge is 0.416 e. The number of nitrogens with zero attached hydrogens (tertiary/aromatic N) is 6. The minimum absolute atomic E-state index is 0.0684. The van der Waals surface area contributed by atoms with Crippen molar-refractivity contribution in [3.63, 3.8) is 0 Å². The number of imidazole rings is 1.